The highest BCUT2D eigenvalue weighted by molar-refractivity contribution is 5.89. The van der Waals surface area contributed by atoms with Gasteiger partial charge in [-0.2, -0.15) is 0 Å². The Bertz CT molecular complexity index is 214. The fourth-order valence-corrected chi connectivity index (χ4v) is 1.13. The van der Waals surface area contributed by atoms with Gasteiger partial charge in [0.2, 0.25) is 0 Å². The third-order valence-electron chi connectivity index (χ3n) is 1.73. The van der Waals surface area contributed by atoms with Crippen molar-refractivity contribution in [3.05, 3.63) is 23.8 Å². The van der Waals surface area contributed by atoms with E-state index in [1.54, 1.807) is 0 Å². The van der Waals surface area contributed by atoms with Crippen LogP contribution < -0.4 is 0 Å². The zero-order valence-corrected chi connectivity index (χ0v) is 6.83. The molecule has 1 aliphatic carbocycles. The number of carbonyl (C=O) groups excluding carboxylic acids is 1. The first-order valence-electron chi connectivity index (χ1n) is 3.69. The lowest BCUT2D eigenvalue weighted by Crippen LogP contribution is -2.09. The quantitative estimate of drug-likeness (QED) is 0.534. The van der Waals surface area contributed by atoms with Gasteiger partial charge in [-0.1, -0.05) is 25.2 Å². The summed E-state index contributed by atoms with van der Waals surface area (Å²) in [7, 11) is 1.41. The lowest BCUT2D eigenvalue weighted by Gasteiger charge is -2.11. The van der Waals surface area contributed by atoms with E-state index in [4.69, 9.17) is 0 Å². The molecule has 2 heteroatoms. The molecule has 2 nitrogen and oxygen atoms in total. The number of allylic oxidation sites excluding steroid dienone is 3. The van der Waals surface area contributed by atoms with Crippen LogP contribution in [-0.4, -0.2) is 13.1 Å². The minimum atomic E-state index is -0.207. The summed E-state index contributed by atoms with van der Waals surface area (Å²) in [6, 6.07) is 0. The van der Waals surface area contributed by atoms with Gasteiger partial charge in [-0.15, -0.1) is 0 Å². The van der Waals surface area contributed by atoms with Gasteiger partial charge in [0.15, 0.2) is 0 Å². The van der Waals surface area contributed by atoms with E-state index < -0.39 is 0 Å². The molecule has 0 aromatic heterocycles. The van der Waals surface area contributed by atoms with E-state index in [9.17, 15) is 4.79 Å². The Morgan fingerprint density at radius 2 is 2.45 bits per heavy atom. The highest BCUT2D eigenvalue weighted by atomic mass is 16.5. The van der Waals surface area contributed by atoms with Crippen LogP contribution >= 0.6 is 0 Å². The molecule has 0 aromatic rings. The fraction of sp³-hybridized carbons (Fsp3) is 0.444. The zero-order chi connectivity index (χ0) is 8.27. The second-order valence-corrected chi connectivity index (χ2v) is 2.75. The predicted molar refractivity (Wildman–Crippen MR) is 43.0 cm³/mol. The van der Waals surface area contributed by atoms with Crippen molar-refractivity contribution >= 4 is 5.97 Å². The third-order valence-corrected chi connectivity index (χ3v) is 1.73. The van der Waals surface area contributed by atoms with Crippen LogP contribution in [0.15, 0.2) is 23.8 Å². The largest absolute Gasteiger partial charge is 0.466 e. The van der Waals surface area contributed by atoms with E-state index in [0.717, 1.165) is 12.0 Å². The first-order valence-corrected chi connectivity index (χ1v) is 3.69. The number of methoxy groups -OCH3 is 1. The Labute approximate surface area is 66.5 Å². The van der Waals surface area contributed by atoms with Gasteiger partial charge in [-0.3, -0.25) is 0 Å². The van der Waals surface area contributed by atoms with Crippen molar-refractivity contribution in [2.45, 2.75) is 13.3 Å². The summed E-state index contributed by atoms with van der Waals surface area (Å²) in [6.07, 6.45) is 6.59. The van der Waals surface area contributed by atoms with Crippen molar-refractivity contribution < 1.29 is 9.53 Å². The van der Waals surface area contributed by atoms with E-state index >= 15 is 0 Å². The molecule has 60 valence electrons. The molecule has 0 bridgehead atoms. The predicted octanol–water partition coefficient (Wildman–Crippen LogP) is 1.68. The van der Waals surface area contributed by atoms with E-state index in [0.29, 0.717) is 5.92 Å². The van der Waals surface area contributed by atoms with Crippen LogP contribution in [0.1, 0.15) is 13.3 Å². The number of hydrogen-bond acceptors (Lipinski definition) is 2. The Morgan fingerprint density at radius 1 is 1.73 bits per heavy atom. The van der Waals surface area contributed by atoms with Gasteiger partial charge in [-0.05, 0) is 12.3 Å². The van der Waals surface area contributed by atoms with E-state index in [1.807, 2.05) is 12.2 Å². The number of carbonyl (C=O) groups is 1. The lowest BCUT2D eigenvalue weighted by atomic mass is 9.96. The van der Waals surface area contributed by atoms with Crippen molar-refractivity contribution in [3.8, 4) is 0 Å². The zero-order valence-electron chi connectivity index (χ0n) is 6.83. The Kier molecular flexibility index (Phi) is 2.47. The molecule has 1 unspecified atom stereocenters. The van der Waals surface area contributed by atoms with Gasteiger partial charge >= 0.3 is 5.97 Å². The summed E-state index contributed by atoms with van der Waals surface area (Å²) in [6.45, 7) is 2.08. The number of ether oxygens (including phenoxy) is 1. The number of hydrogen-bond donors (Lipinski definition) is 0. The molecule has 0 amide bonds. The molecule has 0 aliphatic heterocycles. The summed E-state index contributed by atoms with van der Waals surface area (Å²) in [5.74, 6) is 0.246. The molecule has 1 aliphatic rings. The van der Waals surface area contributed by atoms with Crippen molar-refractivity contribution in [1.82, 2.24) is 0 Å². The fourth-order valence-electron chi connectivity index (χ4n) is 1.13. The summed E-state index contributed by atoms with van der Waals surface area (Å²) in [4.78, 5) is 11.0. The van der Waals surface area contributed by atoms with Crippen molar-refractivity contribution in [2.24, 2.45) is 5.92 Å². The van der Waals surface area contributed by atoms with Crippen LogP contribution in [0, 0.1) is 5.92 Å². The smallest absolute Gasteiger partial charge is 0.333 e. The SMILES string of the molecule is COC(=O)C1=CC=CC(C)C1. The standard InChI is InChI=1S/C9H12O2/c1-7-4-3-5-8(6-7)9(10)11-2/h3-5,7H,6H2,1-2H3. The van der Waals surface area contributed by atoms with E-state index in [1.165, 1.54) is 7.11 Å². The average Bonchev–Trinajstić information content (AvgIpc) is 2.03. The molecular weight excluding hydrogens is 140 g/mol. The van der Waals surface area contributed by atoms with Crippen LogP contribution in [0.4, 0.5) is 0 Å². The van der Waals surface area contributed by atoms with E-state index in [2.05, 4.69) is 17.7 Å². The van der Waals surface area contributed by atoms with Crippen LogP contribution in [0.25, 0.3) is 0 Å². The first-order chi connectivity index (χ1) is 5.24. The maximum absolute atomic E-state index is 11.0. The second-order valence-electron chi connectivity index (χ2n) is 2.75. The molecule has 0 aromatic carbocycles. The Hall–Kier alpha value is -1.05. The van der Waals surface area contributed by atoms with E-state index in [-0.39, 0.29) is 5.97 Å². The summed E-state index contributed by atoms with van der Waals surface area (Å²) in [5, 5.41) is 0. The molecule has 0 radical (unpaired) electrons. The highest BCUT2D eigenvalue weighted by Crippen LogP contribution is 2.18. The molecule has 0 saturated heterocycles. The second kappa shape index (κ2) is 3.37. The summed E-state index contributed by atoms with van der Waals surface area (Å²) < 4.78 is 4.60. The van der Waals surface area contributed by atoms with Gasteiger partial charge < -0.3 is 4.74 Å². The van der Waals surface area contributed by atoms with Gasteiger partial charge in [0.25, 0.3) is 0 Å². The van der Waals surface area contributed by atoms with Crippen molar-refractivity contribution in [1.29, 1.82) is 0 Å². The molecule has 1 atom stereocenters. The Morgan fingerprint density at radius 3 is 3.00 bits per heavy atom. The highest BCUT2D eigenvalue weighted by Gasteiger charge is 2.13. The molecule has 0 saturated carbocycles. The molecule has 0 spiro atoms. The van der Waals surface area contributed by atoms with Gasteiger partial charge in [0.1, 0.15) is 0 Å². The van der Waals surface area contributed by atoms with Crippen molar-refractivity contribution in [2.75, 3.05) is 7.11 Å². The molecule has 11 heavy (non-hydrogen) atoms. The maximum Gasteiger partial charge on any atom is 0.333 e. The Balaban J connectivity index is 2.66. The van der Waals surface area contributed by atoms with Crippen molar-refractivity contribution in [3.63, 3.8) is 0 Å². The normalized spacial score (nSPS) is 22.7. The first kappa shape index (κ1) is 8.05. The molecule has 0 N–H and O–H groups in total. The number of rotatable bonds is 1. The minimum Gasteiger partial charge on any atom is -0.466 e. The summed E-state index contributed by atoms with van der Waals surface area (Å²) in [5.41, 5.74) is 0.766. The van der Waals surface area contributed by atoms with Crippen LogP contribution in [0.3, 0.4) is 0 Å². The monoisotopic (exact) mass is 152 g/mol. The number of esters is 1. The van der Waals surface area contributed by atoms with Gasteiger partial charge in [0.05, 0.1) is 7.11 Å². The molecule has 0 heterocycles. The van der Waals surface area contributed by atoms with Gasteiger partial charge in [-0.25, -0.2) is 4.79 Å². The third kappa shape index (κ3) is 1.93. The average molecular weight is 152 g/mol. The topological polar surface area (TPSA) is 26.3 Å². The summed E-state index contributed by atoms with van der Waals surface area (Å²) >= 11 is 0. The molecule has 0 fully saturated rings. The molecular formula is C9H12O2. The van der Waals surface area contributed by atoms with Crippen LogP contribution in [0.5, 0.6) is 0 Å². The maximum atomic E-state index is 11.0. The van der Waals surface area contributed by atoms with Gasteiger partial charge in [0, 0.05) is 5.57 Å². The molecule has 1 rings (SSSR count). The lowest BCUT2D eigenvalue weighted by molar-refractivity contribution is -0.136. The van der Waals surface area contributed by atoms with Crippen LogP contribution in [0.2, 0.25) is 0 Å². The van der Waals surface area contributed by atoms with Crippen LogP contribution in [-0.2, 0) is 9.53 Å². The minimum absolute atomic E-state index is 0.207.